The van der Waals surface area contributed by atoms with Gasteiger partial charge in [-0.15, -0.1) is 0 Å². The molecular formula is C14H11N3O4. The zero-order chi connectivity index (χ0) is 15.0. The molecule has 7 heteroatoms. The number of carbonyl (C=O) groups is 3. The first-order chi connectivity index (χ1) is 10.1. The Morgan fingerprint density at radius 2 is 1.81 bits per heavy atom. The molecule has 0 saturated heterocycles. The Balaban J connectivity index is 1.75. The summed E-state index contributed by atoms with van der Waals surface area (Å²) in [6.45, 7) is 0. The van der Waals surface area contributed by atoms with E-state index in [1.165, 1.54) is 18.3 Å². The van der Waals surface area contributed by atoms with Crippen LogP contribution in [0, 0.1) is 0 Å². The van der Waals surface area contributed by atoms with Gasteiger partial charge in [-0.3, -0.25) is 9.59 Å². The molecule has 1 aliphatic rings. The number of aromatic nitrogens is 2. The monoisotopic (exact) mass is 285 g/mol. The number of imidazole rings is 1. The maximum atomic E-state index is 12.0. The van der Waals surface area contributed by atoms with Gasteiger partial charge < -0.3 is 9.40 Å². The predicted molar refractivity (Wildman–Crippen MR) is 69.9 cm³/mol. The van der Waals surface area contributed by atoms with Crippen molar-refractivity contribution in [3.8, 4) is 0 Å². The van der Waals surface area contributed by atoms with E-state index in [4.69, 9.17) is 4.84 Å². The van der Waals surface area contributed by atoms with E-state index in [0.29, 0.717) is 10.8 Å². The molecule has 1 aromatic carbocycles. The second kappa shape index (κ2) is 4.86. The van der Waals surface area contributed by atoms with E-state index in [-0.39, 0.29) is 17.5 Å². The summed E-state index contributed by atoms with van der Waals surface area (Å²) in [4.78, 5) is 44.7. The fourth-order valence-corrected chi connectivity index (χ4v) is 2.09. The molecule has 7 nitrogen and oxygen atoms in total. The van der Waals surface area contributed by atoms with Gasteiger partial charge in [-0.05, 0) is 12.1 Å². The zero-order valence-corrected chi connectivity index (χ0v) is 11.1. The number of fused-ring (bicyclic) bond motifs is 1. The highest BCUT2D eigenvalue weighted by Crippen LogP contribution is 2.22. The SMILES string of the molecule is Cn1cncc1CC(=O)ON1C(=O)c2ccccc2C1=O. The van der Waals surface area contributed by atoms with Gasteiger partial charge in [0, 0.05) is 18.9 Å². The molecule has 2 amide bonds. The number of carbonyl (C=O) groups excluding carboxylic acids is 3. The summed E-state index contributed by atoms with van der Waals surface area (Å²) in [5.41, 5.74) is 1.09. The van der Waals surface area contributed by atoms with Crippen molar-refractivity contribution in [2.24, 2.45) is 7.05 Å². The molecule has 106 valence electrons. The van der Waals surface area contributed by atoms with Crippen molar-refractivity contribution in [3.05, 3.63) is 53.6 Å². The maximum Gasteiger partial charge on any atom is 0.339 e. The third kappa shape index (κ3) is 2.18. The van der Waals surface area contributed by atoms with E-state index in [0.717, 1.165) is 0 Å². The third-order valence-electron chi connectivity index (χ3n) is 3.19. The number of amides is 2. The minimum absolute atomic E-state index is 0.0795. The number of hydrogen-bond acceptors (Lipinski definition) is 5. The van der Waals surface area contributed by atoms with E-state index < -0.39 is 17.8 Å². The molecular weight excluding hydrogens is 274 g/mol. The van der Waals surface area contributed by atoms with Gasteiger partial charge in [0.15, 0.2) is 0 Å². The lowest BCUT2D eigenvalue weighted by atomic mass is 10.1. The summed E-state index contributed by atoms with van der Waals surface area (Å²) in [5.74, 6) is -1.96. The molecule has 0 fully saturated rings. The molecule has 0 saturated carbocycles. The Labute approximate surface area is 119 Å². The average molecular weight is 285 g/mol. The van der Waals surface area contributed by atoms with E-state index in [1.54, 1.807) is 30.1 Å². The molecule has 2 aromatic rings. The first-order valence-electron chi connectivity index (χ1n) is 6.21. The number of imide groups is 1. The van der Waals surface area contributed by atoms with Crippen LogP contribution < -0.4 is 0 Å². The lowest BCUT2D eigenvalue weighted by Gasteiger charge is -2.12. The Kier molecular flexibility index (Phi) is 3.02. The quantitative estimate of drug-likeness (QED) is 0.776. The number of aryl methyl sites for hydroxylation is 1. The Hall–Kier alpha value is -2.96. The third-order valence-corrected chi connectivity index (χ3v) is 3.19. The van der Waals surface area contributed by atoms with Crippen LogP contribution in [-0.2, 0) is 23.1 Å². The number of benzene rings is 1. The molecule has 3 rings (SSSR count). The zero-order valence-electron chi connectivity index (χ0n) is 11.1. The van der Waals surface area contributed by atoms with Crippen LogP contribution >= 0.6 is 0 Å². The van der Waals surface area contributed by atoms with Crippen LogP contribution in [0.5, 0.6) is 0 Å². The number of hydroxylamine groups is 2. The molecule has 0 aliphatic carbocycles. The minimum Gasteiger partial charge on any atom is -0.337 e. The molecule has 0 spiro atoms. The van der Waals surface area contributed by atoms with Crippen molar-refractivity contribution in [2.45, 2.75) is 6.42 Å². The smallest absolute Gasteiger partial charge is 0.337 e. The standard InChI is InChI=1S/C14H11N3O4/c1-16-8-15-7-9(16)6-12(18)21-17-13(19)10-4-2-3-5-11(10)14(17)20/h2-5,7-8H,6H2,1H3. The van der Waals surface area contributed by atoms with E-state index >= 15 is 0 Å². The van der Waals surface area contributed by atoms with Crippen LogP contribution in [0.3, 0.4) is 0 Å². The summed E-state index contributed by atoms with van der Waals surface area (Å²) < 4.78 is 1.66. The van der Waals surface area contributed by atoms with Crippen molar-refractivity contribution in [2.75, 3.05) is 0 Å². The number of hydrogen-bond donors (Lipinski definition) is 0. The predicted octanol–water partition coefficient (Wildman–Crippen LogP) is 0.717. The summed E-state index contributed by atoms with van der Waals surface area (Å²) in [6.07, 6.45) is 2.98. The first kappa shape index (κ1) is 13.0. The van der Waals surface area contributed by atoms with Crippen LogP contribution in [0.25, 0.3) is 0 Å². The number of rotatable bonds is 3. The van der Waals surface area contributed by atoms with E-state index in [2.05, 4.69) is 4.98 Å². The van der Waals surface area contributed by atoms with Crippen molar-refractivity contribution < 1.29 is 19.2 Å². The molecule has 1 aromatic heterocycles. The molecule has 0 radical (unpaired) electrons. The van der Waals surface area contributed by atoms with Crippen molar-refractivity contribution in [1.82, 2.24) is 14.6 Å². The van der Waals surface area contributed by atoms with Gasteiger partial charge >= 0.3 is 5.97 Å². The summed E-state index contributed by atoms with van der Waals surface area (Å²) >= 11 is 0. The van der Waals surface area contributed by atoms with Crippen molar-refractivity contribution in [1.29, 1.82) is 0 Å². The molecule has 2 heterocycles. The van der Waals surface area contributed by atoms with Gasteiger partial charge in [0.25, 0.3) is 11.8 Å². The normalized spacial score (nSPS) is 13.5. The van der Waals surface area contributed by atoms with Crippen LogP contribution in [-0.4, -0.2) is 32.4 Å². The van der Waals surface area contributed by atoms with Gasteiger partial charge in [0.05, 0.1) is 23.9 Å². The second-order valence-corrected chi connectivity index (χ2v) is 4.59. The summed E-state index contributed by atoms with van der Waals surface area (Å²) in [7, 11) is 1.73. The highest BCUT2D eigenvalue weighted by Gasteiger charge is 2.38. The van der Waals surface area contributed by atoms with E-state index in [9.17, 15) is 14.4 Å². The van der Waals surface area contributed by atoms with Crippen LogP contribution in [0.2, 0.25) is 0 Å². The van der Waals surface area contributed by atoms with Crippen LogP contribution in [0.15, 0.2) is 36.8 Å². The molecule has 0 unspecified atom stereocenters. The molecule has 1 aliphatic heterocycles. The van der Waals surface area contributed by atoms with Crippen LogP contribution in [0.1, 0.15) is 26.4 Å². The fraction of sp³-hybridized carbons (Fsp3) is 0.143. The highest BCUT2D eigenvalue weighted by atomic mass is 16.7. The highest BCUT2D eigenvalue weighted by molar-refractivity contribution is 6.20. The Bertz CT molecular complexity index is 715. The lowest BCUT2D eigenvalue weighted by Crippen LogP contribution is -2.33. The van der Waals surface area contributed by atoms with Gasteiger partial charge in [0.2, 0.25) is 0 Å². The number of nitrogens with zero attached hydrogens (tertiary/aromatic N) is 3. The summed E-state index contributed by atoms with van der Waals surface area (Å²) in [6, 6.07) is 6.32. The average Bonchev–Trinajstić information content (AvgIpc) is 2.97. The first-order valence-corrected chi connectivity index (χ1v) is 6.21. The largest absolute Gasteiger partial charge is 0.339 e. The minimum atomic E-state index is -0.701. The Morgan fingerprint density at radius 1 is 1.19 bits per heavy atom. The molecule has 0 atom stereocenters. The van der Waals surface area contributed by atoms with E-state index in [1.807, 2.05) is 0 Å². The van der Waals surface area contributed by atoms with Gasteiger partial charge in [0.1, 0.15) is 0 Å². The van der Waals surface area contributed by atoms with Gasteiger partial charge in [-0.2, -0.15) is 0 Å². The van der Waals surface area contributed by atoms with Crippen molar-refractivity contribution >= 4 is 17.8 Å². The topological polar surface area (TPSA) is 81.5 Å². The van der Waals surface area contributed by atoms with Crippen molar-refractivity contribution in [3.63, 3.8) is 0 Å². The lowest BCUT2D eigenvalue weighted by molar-refractivity contribution is -0.167. The van der Waals surface area contributed by atoms with Gasteiger partial charge in [-0.25, -0.2) is 9.78 Å². The second-order valence-electron chi connectivity index (χ2n) is 4.59. The van der Waals surface area contributed by atoms with Gasteiger partial charge in [-0.1, -0.05) is 17.2 Å². The Morgan fingerprint density at radius 3 is 2.33 bits per heavy atom. The van der Waals surface area contributed by atoms with Crippen LogP contribution in [0.4, 0.5) is 0 Å². The molecule has 21 heavy (non-hydrogen) atoms. The fourth-order valence-electron chi connectivity index (χ4n) is 2.09. The molecule has 0 bridgehead atoms. The molecule has 0 N–H and O–H groups in total. The summed E-state index contributed by atoms with van der Waals surface area (Å²) in [5, 5.41) is 0.503. The maximum absolute atomic E-state index is 12.0.